The Morgan fingerprint density at radius 3 is 2.23 bits per heavy atom. The van der Waals surface area contributed by atoms with E-state index in [1.165, 1.54) is 12.1 Å². The van der Waals surface area contributed by atoms with E-state index in [0.717, 1.165) is 24.9 Å². The lowest BCUT2D eigenvalue weighted by Crippen LogP contribution is -2.35. The lowest BCUT2D eigenvalue weighted by molar-refractivity contribution is 0.0947. The van der Waals surface area contributed by atoms with Gasteiger partial charge in [-0.2, -0.15) is 0 Å². The SMILES string of the molecule is CC(C)N(CCCc1ccc(F)cc1)CC(O)c1cc(Cl)c(N)c(Cl)c1. The highest BCUT2D eigenvalue weighted by Crippen LogP contribution is 2.31. The molecule has 0 heterocycles. The topological polar surface area (TPSA) is 49.5 Å². The number of hydrogen-bond donors (Lipinski definition) is 2. The Morgan fingerprint density at radius 2 is 1.69 bits per heavy atom. The van der Waals surface area contributed by atoms with Crippen LogP contribution in [0.4, 0.5) is 10.1 Å². The molecular weight excluding hydrogens is 374 g/mol. The highest BCUT2D eigenvalue weighted by Gasteiger charge is 2.18. The minimum Gasteiger partial charge on any atom is -0.396 e. The van der Waals surface area contributed by atoms with E-state index in [9.17, 15) is 9.50 Å². The first-order valence-corrected chi connectivity index (χ1v) is 9.44. The lowest BCUT2D eigenvalue weighted by Gasteiger charge is -2.29. The van der Waals surface area contributed by atoms with Gasteiger partial charge in [0.2, 0.25) is 0 Å². The second kappa shape index (κ2) is 9.56. The Balaban J connectivity index is 1.95. The van der Waals surface area contributed by atoms with E-state index in [1.54, 1.807) is 12.1 Å². The molecule has 0 aliphatic carbocycles. The van der Waals surface area contributed by atoms with Gasteiger partial charge in [-0.15, -0.1) is 0 Å². The minimum absolute atomic E-state index is 0.221. The average Bonchev–Trinajstić information content (AvgIpc) is 2.59. The summed E-state index contributed by atoms with van der Waals surface area (Å²) in [5, 5.41) is 11.3. The third-order valence-electron chi connectivity index (χ3n) is 4.45. The molecule has 3 nitrogen and oxygen atoms in total. The number of anilines is 1. The van der Waals surface area contributed by atoms with Crippen molar-refractivity contribution in [1.29, 1.82) is 0 Å². The molecule has 0 fully saturated rings. The van der Waals surface area contributed by atoms with Gasteiger partial charge in [0.25, 0.3) is 0 Å². The van der Waals surface area contributed by atoms with Gasteiger partial charge in [0.1, 0.15) is 5.82 Å². The highest BCUT2D eigenvalue weighted by molar-refractivity contribution is 6.38. The molecule has 6 heteroatoms. The van der Waals surface area contributed by atoms with Crippen LogP contribution in [0.25, 0.3) is 0 Å². The van der Waals surface area contributed by atoms with Gasteiger partial charge in [0.05, 0.1) is 21.8 Å². The van der Waals surface area contributed by atoms with Gasteiger partial charge in [0.15, 0.2) is 0 Å². The second-order valence-corrected chi connectivity index (χ2v) is 7.55. The molecule has 0 amide bonds. The second-order valence-electron chi connectivity index (χ2n) is 6.73. The Kier molecular flexibility index (Phi) is 7.71. The van der Waals surface area contributed by atoms with E-state index in [-0.39, 0.29) is 11.9 Å². The fourth-order valence-electron chi connectivity index (χ4n) is 2.82. The molecule has 0 aliphatic rings. The summed E-state index contributed by atoms with van der Waals surface area (Å²) in [6.07, 6.45) is 1.07. The van der Waals surface area contributed by atoms with Crippen LogP contribution in [-0.2, 0) is 6.42 Å². The average molecular weight is 399 g/mol. The first-order valence-electron chi connectivity index (χ1n) is 8.69. The van der Waals surface area contributed by atoms with Gasteiger partial charge in [-0.1, -0.05) is 35.3 Å². The summed E-state index contributed by atoms with van der Waals surface area (Å²) in [6, 6.07) is 10.2. The van der Waals surface area contributed by atoms with Crippen molar-refractivity contribution < 1.29 is 9.50 Å². The summed E-state index contributed by atoms with van der Waals surface area (Å²) < 4.78 is 13.0. The Bertz CT molecular complexity index is 699. The van der Waals surface area contributed by atoms with Crippen LogP contribution < -0.4 is 5.73 Å². The van der Waals surface area contributed by atoms with Crippen molar-refractivity contribution in [3.63, 3.8) is 0 Å². The van der Waals surface area contributed by atoms with Gasteiger partial charge in [-0.25, -0.2) is 4.39 Å². The van der Waals surface area contributed by atoms with E-state index < -0.39 is 6.10 Å². The van der Waals surface area contributed by atoms with Crippen molar-refractivity contribution in [3.8, 4) is 0 Å². The molecule has 2 aromatic rings. The predicted octanol–water partition coefficient (Wildman–Crippen LogP) is 5.09. The van der Waals surface area contributed by atoms with Crippen molar-refractivity contribution in [3.05, 3.63) is 63.4 Å². The molecule has 0 saturated heterocycles. The van der Waals surface area contributed by atoms with Crippen molar-refractivity contribution in [2.45, 2.75) is 38.8 Å². The van der Waals surface area contributed by atoms with Crippen molar-refractivity contribution in [2.75, 3.05) is 18.8 Å². The third kappa shape index (κ3) is 5.85. The summed E-state index contributed by atoms with van der Waals surface area (Å²) in [5.74, 6) is -0.221. The summed E-state index contributed by atoms with van der Waals surface area (Å²) in [7, 11) is 0. The van der Waals surface area contributed by atoms with Crippen molar-refractivity contribution in [1.82, 2.24) is 4.90 Å². The molecule has 142 valence electrons. The summed E-state index contributed by atoms with van der Waals surface area (Å²) >= 11 is 12.1. The number of benzene rings is 2. The first-order chi connectivity index (χ1) is 12.3. The third-order valence-corrected chi connectivity index (χ3v) is 5.07. The molecule has 0 aliphatic heterocycles. The zero-order valence-electron chi connectivity index (χ0n) is 15.1. The van der Waals surface area contributed by atoms with Gasteiger partial charge in [0, 0.05) is 12.6 Å². The number of aryl methyl sites for hydroxylation is 1. The first kappa shape index (κ1) is 21.0. The molecule has 26 heavy (non-hydrogen) atoms. The van der Waals surface area contributed by atoms with Gasteiger partial charge in [-0.05, 0) is 68.6 Å². The standard InChI is InChI=1S/C20H25Cl2FN2O/c1-13(2)25(9-3-4-14-5-7-16(23)8-6-14)12-19(26)15-10-17(21)20(24)18(22)11-15/h5-8,10-11,13,19,26H,3-4,9,12,24H2,1-2H3. The summed E-state index contributed by atoms with van der Waals surface area (Å²) in [5.41, 5.74) is 7.83. The largest absolute Gasteiger partial charge is 0.396 e. The molecule has 2 rings (SSSR count). The van der Waals surface area contributed by atoms with E-state index in [2.05, 4.69) is 18.7 Å². The lowest BCUT2D eigenvalue weighted by atomic mass is 10.1. The molecule has 3 N–H and O–H groups in total. The Hall–Kier alpha value is -1.33. The Morgan fingerprint density at radius 1 is 1.12 bits per heavy atom. The maximum atomic E-state index is 13.0. The number of hydrogen-bond acceptors (Lipinski definition) is 3. The maximum absolute atomic E-state index is 13.0. The number of halogens is 3. The molecule has 1 unspecified atom stereocenters. The van der Waals surface area contributed by atoms with E-state index in [1.807, 2.05) is 12.1 Å². The molecule has 0 spiro atoms. The van der Waals surface area contributed by atoms with Crippen molar-refractivity contribution in [2.24, 2.45) is 0 Å². The quantitative estimate of drug-likeness (QED) is 0.608. The number of nitrogens with two attached hydrogens (primary N) is 1. The number of rotatable bonds is 8. The van der Waals surface area contributed by atoms with Crippen LogP contribution in [0.5, 0.6) is 0 Å². The van der Waals surface area contributed by atoms with E-state index >= 15 is 0 Å². The molecule has 0 bridgehead atoms. The molecule has 1 atom stereocenters. The number of aliphatic hydroxyl groups is 1. The van der Waals surface area contributed by atoms with Crippen LogP contribution in [0.3, 0.4) is 0 Å². The normalized spacial score (nSPS) is 12.8. The number of nitrogen functional groups attached to an aromatic ring is 1. The van der Waals surface area contributed by atoms with Crippen LogP contribution in [0.2, 0.25) is 10.0 Å². The molecule has 2 aromatic carbocycles. The number of aliphatic hydroxyl groups excluding tert-OH is 1. The smallest absolute Gasteiger partial charge is 0.123 e. The summed E-state index contributed by atoms with van der Waals surface area (Å²) in [6.45, 7) is 5.47. The zero-order valence-corrected chi connectivity index (χ0v) is 16.6. The molecule has 0 saturated carbocycles. The highest BCUT2D eigenvalue weighted by atomic mass is 35.5. The summed E-state index contributed by atoms with van der Waals surface area (Å²) in [4.78, 5) is 2.20. The number of nitrogens with zero attached hydrogens (tertiary/aromatic N) is 1. The maximum Gasteiger partial charge on any atom is 0.123 e. The van der Waals surface area contributed by atoms with Crippen LogP contribution >= 0.6 is 23.2 Å². The van der Waals surface area contributed by atoms with Gasteiger partial charge >= 0.3 is 0 Å². The molecule has 0 radical (unpaired) electrons. The predicted molar refractivity (Wildman–Crippen MR) is 107 cm³/mol. The van der Waals surface area contributed by atoms with Crippen LogP contribution in [0.1, 0.15) is 37.5 Å². The zero-order chi connectivity index (χ0) is 19.3. The minimum atomic E-state index is -0.709. The monoisotopic (exact) mass is 398 g/mol. The van der Waals surface area contributed by atoms with Crippen LogP contribution in [-0.4, -0.2) is 29.1 Å². The fraction of sp³-hybridized carbons (Fsp3) is 0.400. The van der Waals surface area contributed by atoms with Gasteiger partial charge < -0.3 is 10.8 Å². The van der Waals surface area contributed by atoms with E-state index in [0.29, 0.717) is 27.8 Å². The fourth-order valence-corrected chi connectivity index (χ4v) is 3.33. The Labute approximate surface area is 164 Å². The van der Waals surface area contributed by atoms with E-state index in [4.69, 9.17) is 28.9 Å². The van der Waals surface area contributed by atoms with Crippen LogP contribution in [0.15, 0.2) is 36.4 Å². The van der Waals surface area contributed by atoms with Gasteiger partial charge in [-0.3, -0.25) is 4.90 Å². The van der Waals surface area contributed by atoms with Crippen LogP contribution in [0, 0.1) is 5.82 Å². The molecule has 0 aromatic heterocycles. The van der Waals surface area contributed by atoms with Crippen molar-refractivity contribution >= 4 is 28.9 Å². The molecular formula is C20H25Cl2FN2O.